The van der Waals surface area contributed by atoms with Gasteiger partial charge in [0.15, 0.2) is 5.78 Å². The Balaban J connectivity index is 1.73. The number of carbonyl (C=O) groups excluding carboxylic acids is 1. The van der Waals surface area contributed by atoms with E-state index < -0.39 is 11.4 Å². The lowest BCUT2D eigenvalue weighted by Gasteiger charge is -2.09. The Morgan fingerprint density at radius 2 is 1.39 bits per heavy atom. The van der Waals surface area contributed by atoms with Crippen LogP contribution >= 0.6 is 0 Å². The van der Waals surface area contributed by atoms with Gasteiger partial charge in [0.25, 0.3) is 0 Å². The predicted octanol–water partition coefficient (Wildman–Crippen LogP) is 2.61. The number of carbonyl (C=O) groups is 1. The number of H-pyrrole nitrogens is 1. The summed E-state index contributed by atoms with van der Waals surface area (Å²) in [4.78, 5) is 37.9. The van der Waals surface area contributed by atoms with Crippen LogP contribution in [0.15, 0.2) is 94.5 Å². The normalized spacial score (nSPS) is 10.7. The van der Waals surface area contributed by atoms with Crippen molar-refractivity contribution in [2.75, 3.05) is 0 Å². The first kappa shape index (κ1) is 17.5. The van der Waals surface area contributed by atoms with Gasteiger partial charge in [-0.3, -0.25) is 4.79 Å². The summed E-state index contributed by atoms with van der Waals surface area (Å²) in [5, 5.41) is 2.57. The molecule has 138 valence electrons. The molecular formula is C22H17N3O3. The second-order valence-corrected chi connectivity index (χ2v) is 6.31. The molecule has 0 spiro atoms. The third kappa shape index (κ3) is 3.23. The lowest BCUT2D eigenvalue weighted by Crippen LogP contribution is -2.27. The van der Waals surface area contributed by atoms with Crippen LogP contribution in [-0.2, 0) is 6.54 Å². The van der Waals surface area contributed by atoms with E-state index in [1.54, 1.807) is 72.8 Å². The first-order valence-corrected chi connectivity index (χ1v) is 8.80. The van der Waals surface area contributed by atoms with Crippen LogP contribution in [0, 0.1) is 0 Å². The van der Waals surface area contributed by atoms with Gasteiger partial charge < -0.3 is 0 Å². The Morgan fingerprint density at radius 1 is 0.786 bits per heavy atom. The average Bonchev–Trinajstić information content (AvgIpc) is 3.02. The fourth-order valence-electron chi connectivity index (χ4n) is 3.13. The summed E-state index contributed by atoms with van der Waals surface area (Å²) >= 11 is 0. The van der Waals surface area contributed by atoms with Crippen molar-refractivity contribution in [1.82, 2.24) is 14.3 Å². The Kier molecular flexibility index (Phi) is 4.60. The third-order valence-corrected chi connectivity index (χ3v) is 4.50. The smallest absolute Gasteiger partial charge is 0.289 e. The molecule has 0 saturated carbocycles. The molecule has 6 heteroatoms. The Labute approximate surface area is 160 Å². The van der Waals surface area contributed by atoms with E-state index in [1.807, 2.05) is 12.1 Å². The highest BCUT2D eigenvalue weighted by Crippen LogP contribution is 2.15. The number of hydrogen-bond acceptors (Lipinski definition) is 3. The van der Waals surface area contributed by atoms with Gasteiger partial charge in [-0.05, 0) is 17.7 Å². The van der Waals surface area contributed by atoms with Gasteiger partial charge in [0.2, 0.25) is 0 Å². The number of nitrogens with zero attached hydrogens (tertiary/aromatic N) is 2. The molecule has 0 fully saturated rings. The van der Waals surface area contributed by atoms with Crippen LogP contribution in [-0.4, -0.2) is 20.1 Å². The molecule has 3 aromatic carbocycles. The topological polar surface area (TPSA) is 76.9 Å². The molecule has 1 heterocycles. The highest BCUT2D eigenvalue weighted by molar-refractivity contribution is 6.09. The molecule has 0 atom stereocenters. The van der Waals surface area contributed by atoms with E-state index in [1.165, 1.54) is 4.68 Å². The zero-order valence-electron chi connectivity index (χ0n) is 14.9. The van der Waals surface area contributed by atoms with Crippen LogP contribution in [0.4, 0.5) is 0 Å². The van der Waals surface area contributed by atoms with Gasteiger partial charge in [-0.1, -0.05) is 72.8 Å². The van der Waals surface area contributed by atoms with Gasteiger partial charge in [-0.2, -0.15) is 0 Å². The van der Waals surface area contributed by atoms with Crippen molar-refractivity contribution in [3.05, 3.63) is 123 Å². The first-order chi connectivity index (χ1) is 13.6. The quantitative estimate of drug-likeness (QED) is 0.548. The molecular weight excluding hydrogens is 354 g/mol. The summed E-state index contributed by atoms with van der Waals surface area (Å²) < 4.78 is 2.29. The number of nitrogens with one attached hydrogen (secondary N) is 1. The summed E-state index contributed by atoms with van der Waals surface area (Å²) in [6.45, 7) is 0.0860. The second-order valence-electron chi connectivity index (χ2n) is 6.31. The van der Waals surface area contributed by atoms with Gasteiger partial charge in [0.05, 0.1) is 12.2 Å². The van der Waals surface area contributed by atoms with E-state index in [0.717, 1.165) is 4.57 Å². The number of aromatic nitrogens is 3. The minimum absolute atomic E-state index is 0.0860. The molecule has 4 aromatic rings. The average molecular weight is 371 g/mol. The number of para-hydroxylation sites is 1. The molecule has 4 rings (SSSR count). The predicted molar refractivity (Wildman–Crippen MR) is 106 cm³/mol. The van der Waals surface area contributed by atoms with E-state index in [9.17, 15) is 14.4 Å². The SMILES string of the molecule is O=C(c1ccccc1)c1ccccc1Cn1[nH]c(=O)n(-c2ccccc2)c1=O. The molecule has 0 unspecified atom stereocenters. The maximum atomic E-state index is 12.9. The lowest BCUT2D eigenvalue weighted by atomic mass is 9.98. The van der Waals surface area contributed by atoms with Gasteiger partial charge >= 0.3 is 11.4 Å². The molecule has 1 aromatic heterocycles. The van der Waals surface area contributed by atoms with E-state index in [4.69, 9.17) is 0 Å². The molecule has 0 radical (unpaired) electrons. The fourth-order valence-corrected chi connectivity index (χ4v) is 3.13. The van der Waals surface area contributed by atoms with Crippen LogP contribution in [0.2, 0.25) is 0 Å². The van der Waals surface area contributed by atoms with E-state index >= 15 is 0 Å². The number of rotatable bonds is 5. The largest absolute Gasteiger partial charge is 0.351 e. The van der Waals surface area contributed by atoms with Crippen LogP contribution < -0.4 is 11.4 Å². The number of hydrogen-bond donors (Lipinski definition) is 1. The van der Waals surface area contributed by atoms with Crippen LogP contribution in [0.5, 0.6) is 0 Å². The Bertz CT molecular complexity index is 1240. The minimum Gasteiger partial charge on any atom is -0.289 e. The maximum Gasteiger partial charge on any atom is 0.351 e. The molecule has 0 saturated heterocycles. The van der Waals surface area contributed by atoms with Crippen molar-refractivity contribution in [2.45, 2.75) is 6.54 Å². The van der Waals surface area contributed by atoms with Crippen molar-refractivity contribution < 1.29 is 4.79 Å². The first-order valence-electron chi connectivity index (χ1n) is 8.80. The summed E-state index contributed by atoms with van der Waals surface area (Å²) in [5.41, 5.74) is 1.19. The monoisotopic (exact) mass is 371 g/mol. The lowest BCUT2D eigenvalue weighted by molar-refractivity contribution is 0.103. The van der Waals surface area contributed by atoms with Crippen molar-refractivity contribution in [1.29, 1.82) is 0 Å². The summed E-state index contributed by atoms with van der Waals surface area (Å²) in [5.74, 6) is -0.130. The number of ketones is 1. The summed E-state index contributed by atoms with van der Waals surface area (Å²) in [7, 11) is 0. The van der Waals surface area contributed by atoms with Gasteiger partial charge in [-0.25, -0.2) is 23.9 Å². The highest BCUT2D eigenvalue weighted by Gasteiger charge is 2.16. The molecule has 0 amide bonds. The number of aromatic amines is 1. The van der Waals surface area contributed by atoms with E-state index in [0.29, 0.717) is 22.4 Å². The summed E-state index contributed by atoms with van der Waals surface area (Å²) in [6.07, 6.45) is 0. The van der Waals surface area contributed by atoms with Gasteiger partial charge in [0.1, 0.15) is 0 Å². The second kappa shape index (κ2) is 7.36. The number of benzene rings is 3. The standard InChI is InChI=1S/C22H17N3O3/c26-20(16-9-3-1-4-10-16)19-14-8-7-11-17(19)15-24-22(28)25(21(27)23-24)18-12-5-2-6-13-18/h1-14H,15H2,(H,23,27). The van der Waals surface area contributed by atoms with Crippen molar-refractivity contribution >= 4 is 5.78 Å². The minimum atomic E-state index is -0.525. The zero-order chi connectivity index (χ0) is 19.5. The van der Waals surface area contributed by atoms with Gasteiger partial charge in [0, 0.05) is 11.1 Å². The molecule has 1 N–H and O–H groups in total. The maximum absolute atomic E-state index is 12.9. The third-order valence-electron chi connectivity index (χ3n) is 4.50. The van der Waals surface area contributed by atoms with Crippen molar-refractivity contribution in [2.24, 2.45) is 0 Å². The summed E-state index contributed by atoms with van der Waals surface area (Å²) in [6, 6.07) is 24.7. The van der Waals surface area contributed by atoms with Crippen molar-refractivity contribution in [3.63, 3.8) is 0 Å². The van der Waals surface area contributed by atoms with E-state index in [-0.39, 0.29) is 12.3 Å². The Hall–Kier alpha value is -3.93. The molecule has 6 nitrogen and oxygen atoms in total. The molecule has 0 aliphatic heterocycles. The van der Waals surface area contributed by atoms with Crippen LogP contribution in [0.25, 0.3) is 5.69 Å². The molecule has 0 aliphatic carbocycles. The highest BCUT2D eigenvalue weighted by atomic mass is 16.2. The molecule has 0 bridgehead atoms. The fraction of sp³-hybridized carbons (Fsp3) is 0.0455. The Morgan fingerprint density at radius 3 is 2.11 bits per heavy atom. The van der Waals surface area contributed by atoms with E-state index in [2.05, 4.69) is 5.10 Å². The van der Waals surface area contributed by atoms with Crippen LogP contribution in [0.3, 0.4) is 0 Å². The zero-order valence-corrected chi connectivity index (χ0v) is 14.9. The molecule has 28 heavy (non-hydrogen) atoms. The molecule has 0 aliphatic rings. The van der Waals surface area contributed by atoms with Crippen LogP contribution in [0.1, 0.15) is 21.5 Å². The van der Waals surface area contributed by atoms with Crippen molar-refractivity contribution in [3.8, 4) is 5.69 Å². The van der Waals surface area contributed by atoms with Gasteiger partial charge in [-0.15, -0.1) is 0 Å².